The monoisotopic (exact) mass is 363 g/mol. The van der Waals surface area contributed by atoms with Crippen LogP contribution in [0.1, 0.15) is 17.3 Å². The number of rotatable bonds is 4. The van der Waals surface area contributed by atoms with Gasteiger partial charge in [0, 0.05) is 23.9 Å². The van der Waals surface area contributed by atoms with Crippen LogP contribution in [0, 0.1) is 0 Å². The van der Waals surface area contributed by atoms with Gasteiger partial charge in [-0.3, -0.25) is 0 Å². The molecule has 6 heteroatoms. The van der Waals surface area contributed by atoms with Crippen molar-refractivity contribution in [2.45, 2.75) is 6.92 Å². The van der Waals surface area contributed by atoms with Crippen molar-refractivity contribution in [1.29, 1.82) is 0 Å². The summed E-state index contributed by atoms with van der Waals surface area (Å²) in [6.07, 6.45) is 1.79. The summed E-state index contributed by atoms with van der Waals surface area (Å²) < 4.78 is 10.5. The SMILES string of the molecule is CCOC(=O)c1ccc(-c2ccc3c(N4CCOCC4)nncc3c2)cc1. The third-order valence-corrected chi connectivity index (χ3v) is 4.68. The molecule has 1 fully saturated rings. The molecule has 3 aromatic rings. The lowest BCUT2D eigenvalue weighted by Gasteiger charge is -2.28. The first-order chi connectivity index (χ1) is 13.3. The number of hydrogen-bond donors (Lipinski definition) is 0. The van der Waals surface area contributed by atoms with Crippen molar-refractivity contribution in [3.8, 4) is 11.1 Å². The average Bonchev–Trinajstić information content (AvgIpc) is 2.74. The fraction of sp³-hybridized carbons (Fsp3) is 0.286. The van der Waals surface area contributed by atoms with E-state index < -0.39 is 0 Å². The molecular weight excluding hydrogens is 342 g/mol. The van der Waals surface area contributed by atoms with Crippen LogP contribution in [-0.4, -0.2) is 49.1 Å². The van der Waals surface area contributed by atoms with Crippen molar-refractivity contribution in [2.75, 3.05) is 37.8 Å². The predicted molar refractivity (Wildman–Crippen MR) is 104 cm³/mol. The maximum Gasteiger partial charge on any atom is 0.338 e. The van der Waals surface area contributed by atoms with Crippen LogP contribution in [0.5, 0.6) is 0 Å². The Balaban J connectivity index is 1.65. The van der Waals surface area contributed by atoms with Crippen LogP contribution >= 0.6 is 0 Å². The van der Waals surface area contributed by atoms with Crippen LogP contribution < -0.4 is 4.90 Å². The molecule has 0 aliphatic carbocycles. The highest BCUT2D eigenvalue weighted by Gasteiger charge is 2.16. The van der Waals surface area contributed by atoms with Crippen LogP contribution in [0.3, 0.4) is 0 Å². The van der Waals surface area contributed by atoms with Crippen molar-refractivity contribution in [2.24, 2.45) is 0 Å². The van der Waals surface area contributed by atoms with E-state index in [1.54, 1.807) is 25.3 Å². The zero-order valence-electron chi connectivity index (χ0n) is 15.2. The standard InChI is InChI=1S/C21H21N3O3/c1-2-27-21(25)16-5-3-15(4-6-16)17-7-8-19-18(13-17)14-22-23-20(19)24-9-11-26-12-10-24/h3-8,13-14H,2,9-12H2,1H3. The number of fused-ring (bicyclic) bond motifs is 1. The van der Waals surface area contributed by atoms with Crippen molar-refractivity contribution < 1.29 is 14.3 Å². The number of aromatic nitrogens is 2. The summed E-state index contributed by atoms with van der Waals surface area (Å²) in [5.41, 5.74) is 2.66. The summed E-state index contributed by atoms with van der Waals surface area (Å²) in [6, 6.07) is 13.7. The van der Waals surface area contributed by atoms with Gasteiger partial charge in [-0.05, 0) is 42.3 Å². The molecule has 1 aliphatic rings. The van der Waals surface area contributed by atoms with Crippen LogP contribution in [0.25, 0.3) is 21.9 Å². The maximum absolute atomic E-state index is 11.8. The van der Waals surface area contributed by atoms with Crippen molar-refractivity contribution in [3.63, 3.8) is 0 Å². The van der Waals surface area contributed by atoms with Gasteiger partial charge in [0.25, 0.3) is 0 Å². The van der Waals surface area contributed by atoms with E-state index in [0.29, 0.717) is 25.4 Å². The number of carbonyl (C=O) groups is 1. The number of ether oxygens (including phenoxy) is 2. The second-order valence-corrected chi connectivity index (χ2v) is 6.37. The van der Waals surface area contributed by atoms with E-state index in [2.05, 4.69) is 33.3 Å². The minimum Gasteiger partial charge on any atom is -0.462 e. The molecule has 0 N–H and O–H groups in total. The number of morpholine rings is 1. The van der Waals surface area contributed by atoms with Gasteiger partial charge in [0.2, 0.25) is 0 Å². The highest BCUT2D eigenvalue weighted by Crippen LogP contribution is 2.29. The molecule has 0 bridgehead atoms. The molecule has 138 valence electrons. The van der Waals surface area contributed by atoms with E-state index in [4.69, 9.17) is 9.47 Å². The van der Waals surface area contributed by atoms with Gasteiger partial charge < -0.3 is 14.4 Å². The van der Waals surface area contributed by atoms with E-state index in [1.807, 2.05) is 12.1 Å². The van der Waals surface area contributed by atoms with Gasteiger partial charge in [0.05, 0.1) is 31.6 Å². The highest BCUT2D eigenvalue weighted by molar-refractivity contribution is 5.95. The van der Waals surface area contributed by atoms with E-state index in [1.165, 1.54) is 0 Å². The van der Waals surface area contributed by atoms with E-state index in [-0.39, 0.29) is 5.97 Å². The molecule has 1 aliphatic heterocycles. The van der Waals surface area contributed by atoms with Crippen molar-refractivity contribution in [1.82, 2.24) is 10.2 Å². The first kappa shape index (κ1) is 17.4. The average molecular weight is 363 g/mol. The van der Waals surface area contributed by atoms with E-state index >= 15 is 0 Å². The molecular formula is C21H21N3O3. The third kappa shape index (κ3) is 3.61. The van der Waals surface area contributed by atoms with E-state index in [9.17, 15) is 4.79 Å². The summed E-state index contributed by atoms with van der Waals surface area (Å²) in [6.45, 7) is 5.24. The molecule has 4 rings (SSSR count). The van der Waals surface area contributed by atoms with Crippen LogP contribution in [0.4, 0.5) is 5.82 Å². The fourth-order valence-corrected chi connectivity index (χ4v) is 3.27. The smallest absolute Gasteiger partial charge is 0.338 e. The van der Waals surface area contributed by atoms with Gasteiger partial charge in [0.15, 0.2) is 5.82 Å². The topological polar surface area (TPSA) is 64.5 Å². The van der Waals surface area contributed by atoms with Gasteiger partial charge in [-0.15, -0.1) is 5.10 Å². The summed E-state index contributed by atoms with van der Waals surface area (Å²) in [7, 11) is 0. The molecule has 6 nitrogen and oxygen atoms in total. The Bertz CT molecular complexity index is 951. The molecule has 0 atom stereocenters. The number of esters is 1. The number of anilines is 1. The Morgan fingerprint density at radius 3 is 2.59 bits per heavy atom. The molecule has 0 amide bonds. The lowest BCUT2D eigenvalue weighted by Crippen LogP contribution is -2.37. The van der Waals surface area contributed by atoms with Crippen molar-refractivity contribution in [3.05, 3.63) is 54.2 Å². The summed E-state index contributed by atoms with van der Waals surface area (Å²) in [5.74, 6) is 0.605. The zero-order valence-corrected chi connectivity index (χ0v) is 15.2. The Kier molecular flexibility index (Phi) is 4.98. The summed E-state index contributed by atoms with van der Waals surface area (Å²) in [5, 5.41) is 10.7. The zero-order chi connectivity index (χ0) is 18.6. The van der Waals surface area contributed by atoms with Crippen LogP contribution in [-0.2, 0) is 9.47 Å². The molecule has 2 aromatic carbocycles. The molecule has 27 heavy (non-hydrogen) atoms. The normalized spacial score (nSPS) is 14.3. The number of nitrogens with zero attached hydrogens (tertiary/aromatic N) is 3. The maximum atomic E-state index is 11.8. The lowest BCUT2D eigenvalue weighted by atomic mass is 10.0. The summed E-state index contributed by atoms with van der Waals surface area (Å²) in [4.78, 5) is 14.0. The second-order valence-electron chi connectivity index (χ2n) is 6.37. The van der Waals surface area contributed by atoms with Crippen LogP contribution in [0.2, 0.25) is 0 Å². The molecule has 0 spiro atoms. The minimum atomic E-state index is -0.298. The lowest BCUT2D eigenvalue weighted by molar-refractivity contribution is 0.0526. The molecule has 1 saturated heterocycles. The third-order valence-electron chi connectivity index (χ3n) is 4.68. The molecule has 0 unspecified atom stereocenters. The fourth-order valence-electron chi connectivity index (χ4n) is 3.27. The molecule has 2 heterocycles. The largest absolute Gasteiger partial charge is 0.462 e. The number of carbonyl (C=O) groups excluding carboxylic acids is 1. The van der Waals surface area contributed by atoms with Gasteiger partial charge in [-0.1, -0.05) is 18.2 Å². The molecule has 0 saturated carbocycles. The molecule has 0 radical (unpaired) electrons. The van der Waals surface area contributed by atoms with Crippen LogP contribution in [0.15, 0.2) is 48.7 Å². The summed E-state index contributed by atoms with van der Waals surface area (Å²) >= 11 is 0. The van der Waals surface area contributed by atoms with Gasteiger partial charge in [-0.2, -0.15) is 5.10 Å². The van der Waals surface area contributed by atoms with Gasteiger partial charge in [0.1, 0.15) is 0 Å². The Hall–Kier alpha value is -2.99. The predicted octanol–water partition coefficient (Wildman–Crippen LogP) is 3.31. The Labute approximate surface area is 157 Å². The van der Waals surface area contributed by atoms with Gasteiger partial charge in [-0.25, -0.2) is 4.79 Å². The van der Waals surface area contributed by atoms with E-state index in [0.717, 1.165) is 40.8 Å². The highest BCUT2D eigenvalue weighted by atomic mass is 16.5. The minimum absolute atomic E-state index is 0.298. The van der Waals surface area contributed by atoms with Crippen molar-refractivity contribution >= 4 is 22.6 Å². The number of hydrogen-bond acceptors (Lipinski definition) is 6. The first-order valence-corrected chi connectivity index (χ1v) is 9.12. The second kappa shape index (κ2) is 7.72. The Morgan fingerprint density at radius 1 is 1.11 bits per heavy atom. The van der Waals surface area contributed by atoms with Gasteiger partial charge >= 0.3 is 5.97 Å². The number of benzene rings is 2. The quantitative estimate of drug-likeness (QED) is 0.663. The molecule has 1 aromatic heterocycles. The first-order valence-electron chi connectivity index (χ1n) is 9.12. The Morgan fingerprint density at radius 2 is 1.85 bits per heavy atom.